The first-order valence-electron chi connectivity index (χ1n) is 4.31. The first kappa shape index (κ1) is 18.5. The molecule has 0 saturated carbocycles. The minimum atomic E-state index is -0.749. The van der Waals surface area contributed by atoms with Crippen LogP contribution in [-0.4, -0.2) is 42.9 Å². The van der Waals surface area contributed by atoms with Gasteiger partial charge in [-0.15, -0.1) is 12.1 Å². The zero-order chi connectivity index (χ0) is 10.4. The topological polar surface area (TPSA) is 18.5 Å². The molecule has 0 aliphatic heterocycles. The Labute approximate surface area is 120 Å². The number of hydrogen-bond donors (Lipinski definition) is 0. The van der Waals surface area contributed by atoms with Crippen molar-refractivity contribution in [2.24, 2.45) is 0 Å². The van der Waals surface area contributed by atoms with Crippen LogP contribution in [-0.2, 0) is 4.74 Å². The molecule has 0 saturated heterocycles. The standard InChI is InChI=1S/C10H11F2O2.BrH.Mg/c1-2-13-5-6-14-10-4-3-8(11)7-9(10)12;;/h3,7H,2,5-6H2,1H3;1H;/q-1;;+2/p-1. The van der Waals surface area contributed by atoms with E-state index in [1.54, 1.807) is 0 Å². The van der Waals surface area contributed by atoms with E-state index in [0.717, 1.165) is 12.1 Å². The molecular weight excluding hydrogens is 294 g/mol. The van der Waals surface area contributed by atoms with Crippen molar-refractivity contribution in [1.29, 1.82) is 0 Å². The number of benzene rings is 1. The molecule has 0 aromatic heterocycles. The van der Waals surface area contributed by atoms with Crippen molar-refractivity contribution < 1.29 is 35.2 Å². The van der Waals surface area contributed by atoms with Crippen molar-refractivity contribution in [3.05, 3.63) is 29.8 Å². The maximum atomic E-state index is 12.9. The smallest absolute Gasteiger partial charge is 1.00 e. The van der Waals surface area contributed by atoms with Gasteiger partial charge in [-0.25, -0.2) is 0 Å². The van der Waals surface area contributed by atoms with Crippen LogP contribution in [0.1, 0.15) is 6.92 Å². The maximum Gasteiger partial charge on any atom is 2.00 e. The molecule has 0 aliphatic carbocycles. The molecule has 0 bridgehead atoms. The zero-order valence-electron chi connectivity index (χ0n) is 8.93. The van der Waals surface area contributed by atoms with Crippen LogP contribution in [0.15, 0.2) is 12.1 Å². The molecule has 0 radical (unpaired) electrons. The van der Waals surface area contributed by atoms with E-state index < -0.39 is 11.6 Å². The van der Waals surface area contributed by atoms with Crippen LogP contribution in [0, 0.1) is 17.7 Å². The molecule has 6 heteroatoms. The van der Waals surface area contributed by atoms with Crippen LogP contribution in [0.2, 0.25) is 0 Å². The quantitative estimate of drug-likeness (QED) is 0.387. The summed E-state index contributed by atoms with van der Waals surface area (Å²) >= 11 is 0. The third-order valence-electron chi connectivity index (χ3n) is 1.50. The van der Waals surface area contributed by atoms with Crippen LogP contribution < -0.4 is 21.7 Å². The van der Waals surface area contributed by atoms with Crippen molar-refractivity contribution in [3.8, 4) is 5.75 Å². The summed E-state index contributed by atoms with van der Waals surface area (Å²) in [6.07, 6.45) is 0. The summed E-state index contributed by atoms with van der Waals surface area (Å²) in [5.74, 6) is -1.49. The largest absolute Gasteiger partial charge is 2.00 e. The van der Waals surface area contributed by atoms with E-state index in [1.807, 2.05) is 6.92 Å². The van der Waals surface area contributed by atoms with Crippen LogP contribution in [0.5, 0.6) is 5.75 Å². The van der Waals surface area contributed by atoms with Gasteiger partial charge in [-0.05, 0) is 6.92 Å². The Balaban J connectivity index is 0. The summed E-state index contributed by atoms with van der Waals surface area (Å²) in [5, 5.41) is 0. The first-order valence-corrected chi connectivity index (χ1v) is 4.31. The number of halogens is 3. The van der Waals surface area contributed by atoms with Gasteiger partial charge < -0.3 is 26.5 Å². The molecule has 0 atom stereocenters. The summed E-state index contributed by atoms with van der Waals surface area (Å²) in [7, 11) is 0. The van der Waals surface area contributed by atoms with E-state index in [9.17, 15) is 8.78 Å². The van der Waals surface area contributed by atoms with Gasteiger partial charge in [0.15, 0.2) is 0 Å². The van der Waals surface area contributed by atoms with E-state index >= 15 is 0 Å². The molecule has 0 unspecified atom stereocenters. The molecule has 0 spiro atoms. The van der Waals surface area contributed by atoms with Crippen LogP contribution >= 0.6 is 0 Å². The molecule has 2 nitrogen and oxygen atoms in total. The molecule has 1 aromatic rings. The van der Waals surface area contributed by atoms with Crippen LogP contribution in [0.4, 0.5) is 8.78 Å². The molecule has 0 fully saturated rings. The maximum absolute atomic E-state index is 12.9. The van der Waals surface area contributed by atoms with Crippen molar-refractivity contribution in [2.45, 2.75) is 6.92 Å². The third kappa shape index (κ3) is 6.62. The Kier molecular flexibility index (Phi) is 11.8. The molecule has 0 heterocycles. The number of rotatable bonds is 5. The van der Waals surface area contributed by atoms with Crippen molar-refractivity contribution >= 4 is 23.1 Å². The minimum absolute atomic E-state index is 0. The third-order valence-corrected chi connectivity index (χ3v) is 1.50. The van der Waals surface area contributed by atoms with Gasteiger partial charge in [-0.2, -0.15) is 0 Å². The Hall–Kier alpha value is 0.0862. The van der Waals surface area contributed by atoms with Gasteiger partial charge in [-0.3, -0.25) is 8.78 Å². The van der Waals surface area contributed by atoms with E-state index in [1.165, 1.54) is 0 Å². The van der Waals surface area contributed by atoms with E-state index in [-0.39, 0.29) is 52.4 Å². The second-order valence-electron chi connectivity index (χ2n) is 2.54. The molecule has 1 rings (SSSR count). The van der Waals surface area contributed by atoms with E-state index in [2.05, 4.69) is 6.07 Å². The van der Waals surface area contributed by atoms with Gasteiger partial charge in [0.25, 0.3) is 0 Å². The number of ether oxygens (including phenoxy) is 2. The summed E-state index contributed by atoms with van der Waals surface area (Å²) < 4.78 is 35.3. The monoisotopic (exact) mass is 304 g/mol. The molecule has 0 N–H and O–H groups in total. The normalized spacial score (nSPS) is 8.94. The van der Waals surface area contributed by atoms with Gasteiger partial charge in [-0.1, -0.05) is 6.07 Å². The fourth-order valence-corrected chi connectivity index (χ4v) is 0.889. The van der Waals surface area contributed by atoms with E-state index in [4.69, 9.17) is 9.47 Å². The van der Waals surface area contributed by atoms with E-state index in [0.29, 0.717) is 13.2 Å². The van der Waals surface area contributed by atoms with Crippen molar-refractivity contribution in [3.63, 3.8) is 0 Å². The van der Waals surface area contributed by atoms with Gasteiger partial charge >= 0.3 is 23.1 Å². The first-order chi connectivity index (χ1) is 6.74. The Bertz CT molecular complexity index is 300. The zero-order valence-corrected chi connectivity index (χ0v) is 11.9. The second-order valence-corrected chi connectivity index (χ2v) is 2.54. The van der Waals surface area contributed by atoms with Gasteiger partial charge in [0.2, 0.25) is 0 Å². The Morgan fingerprint density at radius 1 is 1.31 bits per heavy atom. The molecule has 1 aromatic carbocycles. The average Bonchev–Trinajstić information content (AvgIpc) is 2.15. The summed E-state index contributed by atoms with van der Waals surface area (Å²) in [6.45, 7) is 3.04. The summed E-state index contributed by atoms with van der Waals surface area (Å²) in [5.41, 5.74) is 0. The summed E-state index contributed by atoms with van der Waals surface area (Å²) in [6, 6.07) is 4.14. The van der Waals surface area contributed by atoms with Crippen molar-refractivity contribution in [1.82, 2.24) is 0 Å². The van der Waals surface area contributed by atoms with Crippen molar-refractivity contribution in [2.75, 3.05) is 19.8 Å². The minimum Gasteiger partial charge on any atom is -1.00 e. The molecule has 0 aliphatic rings. The summed E-state index contributed by atoms with van der Waals surface area (Å²) in [4.78, 5) is 0. The fraction of sp³-hybridized carbons (Fsp3) is 0.400. The molecular formula is C10H11BrF2MgO2. The number of hydrogen-bond acceptors (Lipinski definition) is 2. The Morgan fingerprint density at radius 2 is 2.00 bits per heavy atom. The van der Waals surface area contributed by atoms with Crippen LogP contribution in [0.3, 0.4) is 0 Å². The SMILES string of the molecule is CCOCCOc1[c-]cc(F)cc1F.[Br-].[Mg+2]. The fourth-order valence-electron chi connectivity index (χ4n) is 0.889. The van der Waals surface area contributed by atoms with Crippen LogP contribution in [0.25, 0.3) is 0 Å². The predicted molar refractivity (Wildman–Crippen MR) is 52.9 cm³/mol. The second kappa shape index (κ2) is 10.3. The average molecular weight is 305 g/mol. The van der Waals surface area contributed by atoms with Gasteiger partial charge in [0.05, 0.1) is 12.4 Å². The molecule has 0 amide bonds. The Morgan fingerprint density at radius 3 is 2.56 bits per heavy atom. The van der Waals surface area contributed by atoms with Gasteiger partial charge in [0.1, 0.15) is 6.61 Å². The molecule has 86 valence electrons. The molecule has 16 heavy (non-hydrogen) atoms. The van der Waals surface area contributed by atoms with Gasteiger partial charge in [0, 0.05) is 18.2 Å². The predicted octanol–water partition coefficient (Wildman–Crippen LogP) is -1.20.